The Morgan fingerprint density at radius 1 is 1.26 bits per heavy atom. The number of aliphatic carboxylic acids is 1. The van der Waals surface area contributed by atoms with Crippen molar-refractivity contribution in [1.29, 1.82) is 0 Å². The number of pyridine rings is 1. The van der Waals surface area contributed by atoms with Crippen LogP contribution >= 0.6 is 11.6 Å². The molecule has 2 aliphatic rings. The molecule has 0 radical (unpaired) electrons. The lowest BCUT2D eigenvalue weighted by Gasteiger charge is -2.31. The number of hydrogen-bond donors (Lipinski definition) is 1. The lowest BCUT2D eigenvalue weighted by atomic mass is 9.93. The van der Waals surface area contributed by atoms with Gasteiger partial charge in [-0.25, -0.2) is 14.4 Å². The molecule has 2 fully saturated rings. The zero-order valence-electron chi connectivity index (χ0n) is 19.5. The Morgan fingerprint density at radius 2 is 2.06 bits per heavy atom. The van der Waals surface area contributed by atoms with E-state index < -0.39 is 5.97 Å². The number of rotatable bonds is 8. The minimum absolute atomic E-state index is 0.0845. The summed E-state index contributed by atoms with van der Waals surface area (Å²) < 4.78 is 21.8. The Balaban J connectivity index is 1.15. The Kier molecular flexibility index (Phi) is 6.75. The Hall–Kier alpha value is -2.97. The molecule has 7 nitrogen and oxygen atoms in total. The number of benzene rings is 1. The van der Waals surface area contributed by atoms with Crippen LogP contribution in [0.4, 0.5) is 4.39 Å². The number of nitrogens with zero attached hydrogens (tertiary/aromatic N) is 4. The Morgan fingerprint density at radius 3 is 2.77 bits per heavy atom. The van der Waals surface area contributed by atoms with Crippen LogP contribution in [0.2, 0.25) is 5.02 Å². The highest BCUT2D eigenvalue weighted by atomic mass is 35.5. The number of halogens is 2. The molecular weight excluding hydrogens is 471 g/mol. The van der Waals surface area contributed by atoms with Crippen LogP contribution in [-0.4, -0.2) is 43.6 Å². The molecule has 1 N–H and O–H groups in total. The van der Waals surface area contributed by atoms with E-state index in [4.69, 9.17) is 16.3 Å². The van der Waals surface area contributed by atoms with Crippen LogP contribution < -0.4 is 4.74 Å². The molecule has 0 bridgehead atoms. The topological polar surface area (TPSA) is 80.5 Å². The molecule has 1 aromatic carbocycles. The SMILES string of the molecule is Cn1c(C2CC2C(=O)O)cnc1CN1CCC(c2cccc(OCc3ccc(Cl)cc3F)n2)CC1. The van der Waals surface area contributed by atoms with Crippen molar-refractivity contribution in [3.63, 3.8) is 0 Å². The van der Waals surface area contributed by atoms with Gasteiger partial charge in [0.25, 0.3) is 0 Å². The van der Waals surface area contributed by atoms with Crippen LogP contribution in [0.5, 0.6) is 5.88 Å². The van der Waals surface area contributed by atoms with Gasteiger partial charge in [0, 0.05) is 53.1 Å². The molecule has 2 aromatic heterocycles. The van der Waals surface area contributed by atoms with Gasteiger partial charge in [-0.05, 0) is 50.6 Å². The smallest absolute Gasteiger partial charge is 0.307 e. The second kappa shape index (κ2) is 9.95. The quantitative estimate of drug-likeness (QED) is 0.482. The molecule has 35 heavy (non-hydrogen) atoms. The molecule has 184 valence electrons. The Bertz CT molecular complexity index is 1230. The van der Waals surface area contributed by atoms with Gasteiger partial charge >= 0.3 is 5.97 Å². The Labute approximate surface area is 208 Å². The van der Waals surface area contributed by atoms with E-state index >= 15 is 0 Å². The number of carbonyl (C=O) groups is 1. The van der Waals surface area contributed by atoms with Crippen molar-refractivity contribution in [2.75, 3.05) is 13.1 Å². The molecule has 2 atom stereocenters. The predicted octanol–water partition coefficient (Wildman–Crippen LogP) is 4.75. The fourth-order valence-corrected chi connectivity index (χ4v) is 5.02. The van der Waals surface area contributed by atoms with E-state index in [9.17, 15) is 14.3 Å². The molecule has 2 unspecified atom stereocenters. The van der Waals surface area contributed by atoms with E-state index in [0.29, 0.717) is 28.8 Å². The van der Waals surface area contributed by atoms with Gasteiger partial charge in [0.2, 0.25) is 5.88 Å². The minimum Gasteiger partial charge on any atom is -0.481 e. The van der Waals surface area contributed by atoms with Gasteiger partial charge in [0.05, 0.1) is 12.5 Å². The third kappa shape index (κ3) is 5.33. The second-order valence-electron chi connectivity index (χ2n) is 9.42. The van der Waals surface area contributed by atoms with Crippen molar-refractivity contribution in [1.82, 2.24) is 19.4 Å². The molecule has 3 heterocycles. The lowest BCUT2D eigenvalue weighted by Crippen LogP contribution is -2.33. The summed E-state index contributed by atoms with van der Waals surface area (Å²) in [5, 5.41) is 9.57. The summed E-state index contributed by atoms with van der Waals surface area (Å²) in [7, 11) is 1.98. The van der Waals surface area contributed by atoms with Crippen LogP contribution in [0.25, 0.3) is 0 Å². The number of ether oxygens (including phenoxy) is 1. The number of hydrogen-bond acceptors (Lipinski definition) is 5. The summed E-state index contributed by atoms with van der Waals surface area (Å²) in [5.74, 6) is 0.492. The number of likely N-dealkylation sites (tertiary alicyclic amines) is 1. The zero-order valence-corrected chi connectivity index (χ0v) is 20.3. The highest BCUT2D eigenvalue weighted by molar-refractivity contribution is 6.30. The van der Waals surface area contributed by atoms with Crippen LogP contribution in [0.3, 0.4) is 0 Å². The van der Waals surface area contributed by atoms with Crippen LogP contribution in [0, 0.1) is 11.7 Å². The van der Waals surface area contributed by atoms with Gasteiger partial charge < -0.3 is 14.4 Å². The van der Waals surface area contributed by atoms with Gasteiger partial charge in [-0.2, -0.15) is 0 Å². The number of piperidine rings is 1. The first kappa shape index (κ1) is 23.8. The average molecular weight is 499 g/mol. The van der Waals surface area contributed by atoms with E-state index in [2.05, 4.69) is 19.4 Å². The summed E-state index contributed by atoms with van der Waals surface area (Å²) >= 11 is 5.81. The molecule has 3 aromatic rings. The molecule has 0 spiro atoms. The number of carboxylic acids is 1. The highest BCUT2D eigenvalue weighted by Gasteiger charge is 2.46. The van der Waals surface area contributed by atoms with Crippen molar-refractivity contribution in [3.8, 4) is 5.88 Å². The first-order valence-electron chi connectivity index (χ1n) is 11.9. The van der Waals surface area contributed by atoms with Crippen molar-refractivity contribution < 1.29 is 19.0 Å². The minimum atomic E-state index is -0.722. The largest absolute Gasteiger partial charge is 0.481 e. The molecule has 5 rings (SSSR count). The standard InChI is InChI=1S/C26H28ClFN4O3/c1-31-23(19-12-20(19)26(33)34)13-29-24(31)14-32-9-7-16(8-10-32)22-3-2-4-25(30-22)35-15-17-5-6-18(27)11-21(17)28/h2-6,11,13,16,19-20H,7-10,12,14-15H2,1H3,(H,33,34). The van der Waals surface area contributed by atoms with E-state index in [0.717, 1.165) is 49.7 Å². The first-order valence-corrected chi connectivity index (χ1v) is 12.3. The monoisotopic (exact) mass is 498 g/mol. The van der Waals surface area contributed by atoms with Gasteiger partial charge in [-0.1, -0.05) is 23.7 Å². The first-order chi connectivity index (χ1) is 16.9. The lowest BCUT2D eigenvalue weighted by molar-refractivity contribution is -0.138. The summed E-state index contributed by atoms with van der Waals surface area (Å²) in [6.45, 7) is 2.70. The van der Waals surface area contributed by atoms with Gasteiger partial charge in [-0.15, -0.1) is 0 Å². The van der Waals surface area contributed by atoms with Crippen LogP contribution in [0.15, 0.2) is 42.6 Å². The fourth-order valence-electron chi connectivity index (χ4n) is 4.86. The molecule has 9 heteroatoms. The number of aromatic nitrogens is 3. The fraction of sp³-hybridized carbons (Fsp3) is 0.423. The summed E-state index contributed by atoms with van der Waals surface area (Å²) in [6, 6.07) is 10.3. The predicted molar refractivity (Wildman–Crippen MR) is 129 cm³/mol. The summed E-state index contributed by atoms with van der Waals surface area (Å²) in [6.07, 6.45) is 4.48. The van der Waals surface area contributed by atoms with Crippen molar-refractivity contribution >= 4 is 17.6 Å². The van der Waals surface area contributed by atoms with Crippen molar-refractivity contribution in [2.45, 2.75) is 44.2 Å². The third-order valence-electron chi connectivity index (χ3n) is 7.11. The summed E-state index contributed by atoms with van der Waals surface area (Å²) in [4.78, 5) is 22.8. The van der Waals surface area contributed by atoms with E-state index in [1.807, 2.05) is 25.4 Å². The second-order valence-corrected chi connectivity index (χ2v) is 9.86. The van der Waals surface area contributed by atoms with E-state index in [1.165, 1.54) is 6.07 Å². The van der Waals surface area contributed by atoms with E-state index in [1.54, 1.807) is 18.2 Å². The van der Waals surface area contributed by atoms with Crippen molar-refractivity contribution in [2.24, 2.45) is 13.0 Å². The van der Waals surface area contributed by atoms with Crippen LogP contribution in [-0.2, 0) is 25.0 Å². The maximum absolute atomic E-state index is 14.0. The molecule has 1 aliphatic carbocycles. The average Bonchev–Trinajstić information content (AvgIpc) is 3.57. The molecular formula is C26H28ClFN4O3. The van der Waals surface area contributed by atoms with E-state index in [-0.39, 0.29) is 24.3 Å². The maximum Gasteiger partial charge on any atom is 0.307 e. The van der Waals surface area contributed by atoms with Gasteiger partial charge in [0.15, 0.2) is 0 Å². The highest BCUT2D eigenvalue weighted by Crippen LogP contribution is 2.47. The van der Waals surface area contributed by atoms with Gasteiger partial charge in [-0.3, -0.25) is 9.69 Å². The number of carboxylic acid groups (broad SMARTS) is 1. The maximum atomic E-state index is 14.0. The number of imidazole rings is 1. The molecule has 0 amide bonds. The molecule has 1 aliphatic heterocycles. The van der Waals surface area contributed by atoms with Crippen molar-refractivity contribution in [3.05, 3.63) is 76.2 Å². The zero-order chi connectivity index (χ0) is 24.5. The molecule has 1 saturated carbocycles. The molecule has 1 saturated heterocycles. The van der Waals surface area contributed by atoms with Gasteiger partial charge in [0.1, 0.15) is 18.2 Å². The normalized spacial score (nSPS) is 20.7. The van der Waals surface area contributed by atoms with Crippen LogP contribution in [0.1, 0.15) is 53.9 Å². The third-order valence-corrected chi connectivity index (χ3v) is 7.35. The summed E-state index contributed by atoms with van der Waals surface area (Å²) in [5.41, 5.74) is 2.45.